The van der Waals surface area contributed by atoms with Crippen LogP contribution in [0.25, 0.3) is 0 Å². The largest absolute Gasteiger partial charge is 0.332 e. The number of hydrogen-bond acceptors (Lipinski definition) is 7. The van der Waals surface area contributed by atoms with Crippen molar-refractivity contribution in [3.05, 3.63) is 0 Å². The zero-order chi connectivity index (χ0) is 20.1. The first kappa shape index (κ1) is 19.2. The molecule has 0 aromatic rings. The van der Waals surface area contributed by atoms with Gasteiger partial charge in [0.2, 0.25) is 23.6 Å². The van der Waals surface area contributed by atoms with Crippen LogP contribution in [0, 0.1) is 17.8 Å². The van der Waals surface area contributed by atoms with Crippen molar-refractivity contribution in [2.45, 2.75) is 6.92 Å². The van der Waals surface area contributed by atoms with Crippen molar-refractivity contribution in [3.8, 4) is 0 Å². The van der Waals surface area contributed by atoms with E-state index in [1.807, 2.05) is 0 Å². The van der Waals surface area contributed by atoms with Crippen LogP contribution in [0.5, 0.6) is 0 Å². The molecule has 0 aromatic heterocycles. The van der Waals surface area contributed by atoms with Gasteiger partial charge in [0.25, 0.3) is 0 Å². The Morgan fingerprint density at radius 1 is 0.654 bits per heavy atom. The van der Waals surface area contributed by atoms with Crippen LogP contribution < -0.4 is 0 Å². The first-order valence-electron chi connectivity index (χ1n) is 7.62. The molecular formula is C15H18N4O7. The SMILES string of the molecule is CC(=O)C(C1C(=O)N(C)C(=O)N(C)C1=O)C1C(=O)N(C)C(=O)N(C)C1=O. The van der Waals surface area contributed by atoms with E-state index in [0.29, 0.717) is 19.6 Å². The normalized spacial score (nSPS) is 20.8. The lowest BCUT2D eigenvalue weighted by molar-refractivity contribution is -0.161. The third kappa shape index (κ3) is 2.55. The molecule has 2 aliphatic heterocycles. The van der Waals surface area contributed by atoms with Crippen LogP contribution in [-0.2, 0) is 24.0 Å². The highest BCUT2D eigenvalue weighted by molar-refractivity contribution is 6.21. The fourth-order valence-electron chi connectivity index (χ4n) is 3.15. The zero-order valence-electron chi connectivity index (χ0n) is 14.9. The topological polar surface area (TPSA) is 132 Å². The molecule has 0 N–H and O–H groups in total. The number of hydrogen-bond donors (Lipinski definition) is 0. The highest BCUT2D eigenvalue weighted by Gasteiger charge is 2.56. The van der Waals surface area contributed by atoms with Crippen LogP contribution in [0.15, 0.2) is 0 Å². The molecule has 2 fully saturated rings. The molecule has 2 heterocycles. The second-order valence-electron chi connectivity index (χ2n) is 6.25. The highest BCUT2D eigenvalue weighted by Crippen LogP contribution is 2.33. The van der Waals surface area contributed by atoms with Gasteiger partial charge in [0.15, 0.2) is 0 Å². The summed E-state index contributed by atoms with van der Waals surface area (Å²) < 4.78 is 0. The highest BCUT2D eigenvalue weighted by atomic mass is 16.2. The van der Waals surface area contributed by atoms with E-state index in [0.717, 1.165) is 35.1 Å². The number of rotatable bonds is 3. The Morgan fingerprint density at radius 2 is 0.885 bits per heavy atom. The summed E-state index contributed by atoms with van der Waals surface area (Å²) in [5, 5.41) is 0. The van der Waals surface area contributed by atoms with E-state index in [4.69, 9.17) is 0 Å². The quantitative estimate of drug-likeness (QED) is 0.557. The van der Waals surface area contributed by atoms with Crippen molar-refractivity contribution < 1.29 is 33.6 Å². The van der Waals surface area contributed by atoms with E-state index in [1.165, 1.54) is 0 Å². The predicted octanol–water partition coefficient (Wildman–Crippen LogP) is -1.48. The molecule has 0 bridgehead atoms. The Hall–Kier alpha value is -3.11. The number of ketones is 1. The molecule has 26 heavy (non-hydrogen) atoms. The Balaban J connectivity index is 2.57. The Labute approximate surface area is 148 Å². The van der Waals surface area contributed by atoms with E-state index in [-0.39, 0.29) is 0 Å². The van der Waals surface area contributed by atoms with Gasteiger partial charge in [-0.15, -0.1) is 0 Å². The second kappa shape index (κ2) is 6.32. The summed E-state index contributed by atoms with van der Waals surface area (Å²) in [6.45, 7) is 1.04. The summed E-state index contributed by atoms with van der Waals surface area (Å²) in [5.41, 5.74) is 0. The smallest absolute Gasteiger partial charge is 0.300 e. The minimum atomic E-state index is -1.71. The van der Waals surface area contributed by atoms with Gasteiger partial charge in [-0.05, 0) is 6.92 Å². The average Bonchev–Trinajstić information content (AvgIpc) is 2.60. The molecule has 0 spiro atoms. The predicted molar refractivity (Wildman–Crippen MR) is 83.0 cm³/mol. The molecule has 11 heteroatoms. The zero-order valence-corrected chi connectivity index (χ0v) is 14.9. The first-order chi connectivity index (χ1) is 11.9. The number of Topliss-reactive ketones (excluding diaryl/α,β-unsaturated/α-hetero) is 1. The minimum Gasteiger partial charge on any atom is -0.300 e. The van der Waals surface area contributed by atoms with Gasteiger partial charge in [-0.25, -0.2) is 9.59 Å². The summed E-state index contributed by atoms with van der Waals surface area (Å²) in [5.74, 6) is -9.76. The minimum absolute atomic E-state index is 0.651. The van der Waals surface area contributed by atoms with Crippen LogP contribution in [0.2, 0.25) is 0 Å². The van der Waals surface area contributed by atoms with Gasteiger partial charge in [-0.2, -0.15) is 0 Å². The van der Waals surface area contributed by atoms with Gasteiger partial charge in [-0.3, -0.25) is 43.6 Å². The third-order valence-electron chi connectivity index (χ3n) is 4.72. The van der Waals surface area contributed by atoms with Gasteiger partial charge in [-0.1, -0.05) is 0 Å². The molecule has 0 aliphatic carbocycles. The molecule has 2 saturated heterocycles. The van der Waals surface area contributed by atoms with Crippen LogP contribution in [-0.4, -0.2) is 89.3 Å². The lowest BCUT2D eigenvalue weighted by Gasteiger charge is -2.40. The molecule has 8 amide bonds. The fraction of sp³-hybridized carbons (Fsp3) is 0.533. The molecule has 2 rings (SSSR count). The van der Waals surface area contributed by atoms with E-state index in [9.17, 15) is 33.6 Å². The number of amides is 8. The fourth-order valence-corrected chi connectivity index (χ4v) is 3.15. The summed E-state index contributed by atoms with van der Waals surface area (Å²) in [4.78, 5) is 88.6. The first-order valence-corrected chi connectivity index (χ1v) is 7.62. The van der Waals surface area contributed by atoms with Gasteiger partial charge in [0.05, 0.1) is 5.92 Å². The standard InChI is InChI=1S/C15H18N4O7/c1-6(20)7(8-10(21)16(2)14(25)17(3)11(8)22)9-12(23)18(4)15(26)19(5)13(9)24/h7-9H,1-5H3. The summed E-state index contributed by atoms with van der Waals surface area (Å²) in [6, 6.07) is -1.77. The molecule has 11 nitrogen and oxygen atoms in total. The van der Waals surface area contributed by atoms with Gasteiger partial charge < -0.3 is 0 Å². The van der Waals surface area contributed by atoms with Crippen molar-refractivity contribution >= 4 is 41.5 Å². The Morgan fingerprint density at radius 3 is 1.08 bits per heavy atom. The summed E-state index contributed by atoms with van der Waals surface area (Å²) in [6.07, 6.45) is 0. The molecule has 140 valence electrons. The van der Waals surface area contributed by atoms with E-state index < -0.39 is 59.2 Å². The lowest BCUT2D eigenvalue weighted by Crippen LogP contribution is -2.65. The second-order valence-corrected chi connectivity index (χ2v) is 6.25. The number of urea groups is 2. The van der Waals surface area contributed by atoms with Crippen molar-refractivity contribution in [2.75, 3.05) is 28.2 Å². The van der Waals surface area contributed by atoms with Crippen LogP contribution in [0.4, 0.5) is 9.59 Å². The van der Waals surface area contributed by atoms with Crippen molar-refractivity contribution in [3.63, 3.8) is 0 Å². The molecule has 0 atom stereocenters. The number of carbonyl (C=O) groups excluding carboxylic acids is 7. The van der Waals surface area contributed by atoms with Crippen LogP contribution in [0.3, 0.4) is 0 Å². The average molecular weight is 366 g/mol. The molecular weight excluding hydrogens is 348 g/mol. The number of barbiturate groups is 2. The van der Waals surface area contributed by atoms with Crippen molar-refractivity contribution in [2.24, 2.45) is 17.8 Å². The summed E-state index contributed by atoms with van der Waals surface area (Å²) >= 11 is 0. The molecule has 0 saturated carbocycles. The van der Waals surface area contributed by atoms with E-state index >= 15 is 0 Å². The molecule has 2 aliphatic rings. The Kier molecular flexibility index (Phi) is 4.67. The number of carbonyl (C=O) groups is 7. The van der Waals surface area contributed by atoms with Gasteiger partial charge in [0, 0.05) is 28.2 Å². The monoisotopic (exact) mass is 366 g/mol. The van der Waals surface area contributed by atoms with Gasteiger partial charge >= 0.3 is 12.1 Å². The molecule has 0 unspecified atom stereocenters. The number of nitrogens with zero attached hydrogens (tertiary/aromatic N) is 4. The van der Waals surface area contributed by atoms with Crippen LogP contribution in [0.1, 0.15) is 6.92 Å². The molecule has 0 radical (unpaired) electrons. The maximum Gasteiger partial charge on any atom is 0.332 e. The van der Waals surface area contributed by atoms with E-state index in [1.54, 1.807) is 0 Å². The molecule has 0 aromatic carbocycles. The maximum absolute atomic E-state index is 12.5. The Bertz CT molecular complexity index is 657. The summed E-state index contributed by atoms with van der Waals surface area (Å²) in [7, 11) is 4.52. The third-order valence-corrected chi connectivity index (χ3v) is 4.72. The maximum atomic E-state index is 12.5. The van der Waals surface area contributed by atoms with Crippen molar-refractivity contribution in [1.29, 1.82) is 0 Å². The van der Waals surface area contributed by atoms with Crippen molar-refractivity contribution in [1.82, 2.24) is 19.6 Å². The lowest BCUT2D eigenvalue weighted by atomic mass is 9.75. The number of imide groups is 4. The van der Waals surface area contributed by atoms with Crippen LogP contribution >= 0.6 is 0 Å². The van der Waals surface area contributed by atoms with E-state index in [2.05, 4.69) is 0 Å². The van der Waals surface area contributed by atoms with Gasteiger partial charge in [0.1, 0.15) is 17.6 Å².